The third-order valence-electron chi connectivity index (χ3n) is 4.93. The number of para-hydroxylation sites is 1. The third kappa shape index (κ3) is 5.11. The predicted octanol–water partition coefficient (Wildman–Crippen LogP) is 5.67. The molecule has 3 aromatic heterocycles. The Bertz CT molecular complexity index is 1340. The molecule has 0 unspecified atom stereocenters. The molecule has 34 heavy (non-hydrogen) atoms. The van der Waals surface area contributed by atoms with Crippen molar-refractivity contribution in [2.75, 3.05) is 7.11 Å². The van der Waals surface area contributed by atoms with E-state index in [-0.39, 0.29) is 6.61 Å². The van der Waals surface area contributed by atoms with E-state index >= 15 is 0 Å². The number of benzene rings is 2. The van der Waals surface area contributed by atoms with Crippen molar-refractivity contribution < 1.29 is 9.47 Å². The van der Waals surface area contributed by atoms with Crippen LogP contribution in [-0.2, 0) is 12.4 Å². The number of nitrogens with zero attached hydrogens (tertiary/aromatic N) is 5. The van der Waals surface area contributed by atoms with E-state index in [4.69, 9.17) is 14.5 Å². The number of hydrogen-bond acceptors (Lipinski definition) is 8. The number of rotatable bonds is 9. The minimum Gasteiger partial charge on any atom is -0.497 e. The smallest absolute Gasteiger partial charge is 0.196 e. The summed E-state index contributed by atoms with van der Waals surface area (Å²) < 4.78 is 13.2. The van der Waals surface area contributed by atoms with Crippen LogP contribution in [0.25, 0.3) is 16.4 Å². The molecule has 0 N–H and O–H groups in total. The molecule has 0 spiro atoms. The number of thiazole rings is 1. The molecule has 0 aliphatic rings. The van der Waals surface area contributed by atoms with Gasteiger partial charge >= 0.3 is 0 Å². The van der Waals surface area contributed by atoms with E-state index in [1.165, 1.54) is 0 Å². The Labute approximate surface area is 205 Å². The van der Waals surface area contributed by atoms with Crippen molar-refractivity contribution >= 4 is 23.1 Å². The quantitative estimate of drug-likeness (QED) is 0.248. The third-order valence-corrected chi connectivity index (χ3v) is 6.80. The topological polar surface area (TPSA) is 75.0 Å². The Kier molecular flexibility index (Phi) is 6.83. The van der Waals surface area contributed by atoms with E-state index in [0.29, 0.717) is 5.75 Å². The van der Waals surface area contributed by atoms with Crippen molar-refractivity contribution in [2.24, 2.45) is 0 Å². The number of ether oxygens (including phenoxy) is 2. The van der Waals surface area contributed by atoms with Gasteiger partial charge in [0.2, 0.25) is 0 Å². The number of methoxy groups -OCH3 is 1. The molecular formula is C25H21N5O2S2. The van der Waals surface area contributed by atoms with Gasteiger partial charge in [-0.15, -0.1) is 21.5 Å². The molecule has 3 heterocycles. The Balaban J connectivity index is 1.34. The second-order valence-corrected chi connectivity index (χ2v) is 8.98. The van der Waals surface area contributed by atoms with Gasteiger partial charge in [-0.25, -0.2) is 4.98 Å². The second kappa shape index (κ2) is 10.5. The maximum absolute atomic E-state index is 5.98. The summed E-state index contributed by atoms with van der Waals surface area (Å²) in [6.45, 7) is 0.287. The summed E-state index contributed by atoms with van der Waals surface area (Å²) in [7, 11) is 1.64. The Morgan fingerprint density at radius 3 is 2.47 bits per heavy atom. The summed E-state index contributed by atoms with van der Waals surface area (Å²) in [6.07, 6.45) is 1.78. The van der Waals surface area contributed by atoms with Crippen LogP contribution in [-0.4, -0.2) is 31.8 Å². The first kappa shape index (κ1) is 22.1. The largest absolute Gasteiger partial charge is 0.497 e. The minimum absolute atomic E-state index is 0.287. The van der Waals surface area contributed by atoms with Crippen molar-refractivity contribution in [1.29, 1.82) is 0 Å². The SMILES string of the molecule is COc1ccc(OCc2nnc(SCc3csc(-c4ccccn4)n3)n2-c2ccccc2)cc1. The summed E-state index contributed by atoms with van der Waals surface area (Å²) in [6, 6.07) is 23.4. The first-order valence-electron chi connectivity index (χ1n) is 10.6. The van der Waals surface area contributed by atoms with Gasteiger partial charge < -0.3 is 9.47 Å². The van der Waals surface area contributed by atoms with Gasteiger partial charge in [0.05, 0.1) is 18.5 Å². The molecule has 170 valence electrons. The van der Waals surface area contributed by atoms with Gasteiger partial charge in [0.15, 0.2) is 11.0 Å². The van der Waals surface area contributed by atoms with Crippen molar-refractivity contribution in [3.8, 4) is 27.9 Å². The number of aromatic nitrogens is 5. The zero-order valence-corrected chi connectivity index (χ0v) is 20.0. The molecule has 0 fully saturated rings. The molecule has 0 saturated heterocycles. The van der Waals surface area contributed by atoms with Gasteiger partial charge in [0.1, 0.15) is 23.1 Å². The van der Waals surface area contributed by atoms with Crippen LogP contribution in [0.4, 0.5) is 0 Å². The summed E-state index contributed by atoms with van der Waals surface area (Å²) in [5.74, 6) is 2.92. The van der Waals surface area contributed by atoms with Gasteiger partial charge in [-0.1, -0.05) is 36.0 Å². The normalized spacial score (nSPS) is 10.9. The molecule has 7 nitrogen and oxygen atoms in total. The highest BCUT2D eigenvalue weighted by atomic mass is 32.2. The predicted molar refractivity (Wildman–Crippen MR) is 134 cm³/mol. The molecule has 2 aromatic carbocycles. The van der Waals surface area contributed by atoms with E-state index in [1.807, 2.05) is 77.4 Å². The molecule has 5 rings (SSSR count). The van der Waals surface area contributed by atoms with Crippen LogP contribution in [0.5, 0.6) is 11.5 Å². The summed E-state index contributed by atoms with van der Waals surface area (Å²) >= 11 is 3.19. The van der Waals surface area contributed by atoms with E-state index in [1.54, 1.807) is 36.4 Å². The van der Waals surface area contributed by atoms with Crippen LogP contribution >= 0.6 is 23.1 Å². The molecule has 0 atom stereocenters. The van der Waals surface area contributed by atoms with Crippen LogP contribution in [0.3, 0.4) is 0 Å². The average Bonchev–Trinajstić information content (AvgIpc) is 3.55. The molecule has 0 aliphatic carbocycles. The molecule has 0 amide bonds. The standard InChI is InChI=1S/C25H21N5O2S2/c1-31-20-10-12-21(13-11-20)32-15-23-28-29-25(30(23)19-7-3-2-4-8-19)34-17-18-16-33-24(27-18)22-9-5-6-14-26-22/h2-14,16H,15,17H2,1H3. The molecule has 0 bridgehead atoms. The van der Waals surface area contributed by atoms with Gasteiger partial charge in [0, 0.05) is 23.0 Å². The van der Waals surface area contributed by atoms with Crippen LogP contribution in [0.1, 0.15) is 11.5 Å². The second-order valence-electron chi connectivity index (χ2n) is 7.18. The van der Waals surface area contributed by atoms with Crippen molar-refractivity contribution in [1.82, 2.24) is 24.7 Å². The fraction of sp³-hybridized carbons (Fsp3) is 0.120. The molecule has 0 radical (unpaired) electrons. The van der Waals surface area contributed by atoms with E-state index < -0.39 is 0 Å². The van der Waals surface area contributed by atoms with E-state index in [2.05, 4.69) is 20.6 Å². The lowest BCUT2D eigenvalue weighted by molar-refractivity contribution is 0.292. The molecule has 9 heteroatoms. The highest BCUT2D eigenvalue weighted by molar-refractivity contribution is 7.98. The van der Waals surface area contributed by atoms with Gasteiger partial charge in [-0.2, -0.15) is 0 Å². The van der Waals surface area contributed by atoms with Crippen molar-refractivity contribution in [3.05, 3.63) is 95.9 Å². The molecular weight excluding hydrogens is 466 g/mol. The lowest BCUT2D eigenvalue weighted by Gasteiger charge is -2.11. The maximum Gasteiger partial charge on any atom is 0.196 e. The van der Waals surface area contributed by atoms with E-state index in [9.17, 15) is 0 Å². The Morgan fingerprint density at radius 2 is 1.71 bits per heavy atom. The van der Waals surface area contributed by atoms with Gasteiger partial charge in [-0.3, -0.25) is 9.55 Å². The summed E-state index contributed by atoms with van der Waals surface area (Å²) in [4.78, 5) is 9.12. The zero-order valence-electron chi connectivity index (χ0n) is 18.4. The Morgan fingerprint density at radius 1 is 0.912 bits per heavy atom. The summed E-state index contributed by atoms with van der Waals surface area (Å²) in [5.41, 5.74) is 2.85. The monoisotopic (exact) mass is 487 g/mol. The van der Waals surface area contributed by atoms with Crippen molar-refractivity contribution in [2.45, 2.75) is 17.5 Å². The Hall–Kier alpha value is -3.69. The number of hydrogen-bond donors (Lipinski definition) is 0. The fourth-order valence-corrected chi connectivity index (χ4v) is 5.03. The molecule has 0 aliphatic heterocycles. The minimum atomic E-state index is 0.287. The summed E-state index contributed by atoms with van der Waals surface area (Å²) in [5, 5.41) is 12.6. The van der Waals surface area contributed by atoms with Crippen LogP contribution in [0.15, 0.2) is 89.5 Å². The lowest BCUT2D eigenvalue weighted by atomic mass is 10.3. The van der Waals surface area contributed by atoms with Crippen LogP contribution in [0, 0.1) is 0 Å². The molecule has 0 saturated carbocycles. The van der Waals surface area contributed by atoms with Crippen LogP contribution in [0.2, 0.25) is 0 Å². The number of pyridine rings is 1. The highest BCUT2D eigenvalue weighted by Gasteiger charge is 2.16. The average molecular weight is 488 g/mol. The van der Waals surface area contributed by atoms with Gasteiger partial charge in [0.25, 0.3) is 0 Å². The lowest BCUT2D eigenvalue weighted by Crippen LogP contribution is -2.06. The van der Waals surface area contributed by atoms with E-state index in [0.717, 1.165) is 44.6 Å². The molecule has 5 aromatic rings. The maximum atomic E-state index is 5.98. The first-order valence-corrected chi connectivity index (χ1v) is 12.4. The number of thioether (sulfide) groups is 1. The zero-order chi connectivity index (χ0) is 23.2. The highest BCUT2D eigenvalue weighted by Crippen LogP contribution is 2.28. The first-order chi connectivity index (χ1) is 16.8. The van der Waals surface area contributed by atoms with Crippen LogP contribution < -0.4 is 9.47 Å². The van der Waals surface area contributed by atoms with Gasteiger partial charge in [-0.05, 0) is 48.5 Å². The van der Waals surface area contributed by atoms with Crippen molar-refractivity contribution in [3.63, 3.8) is 0 Å². The fourth-order valence-electron chi connectivity index (χ4n) is 3.26.